The van der Waals surface area contributed by atoms with Crippen LogP contribution in [0.25, 0.3) is 0 Å². The van der Waals surface area contributed by atoms with Crippen LogP contribution < -0.4 is 0 Å². The van der Waals surface area contributed by atoms with Crippen molar-refractivity contribution >= 4 is 31.5 Å². The van der Waals surface area contributed by atoms with Gasteiger partial charge in [-0.3, -0.25) is 9.59 Å². The van der Waals surface area contributed by atoms with Gasteiger partial charge >= 0.3 is 8.80 Å². The van der Waals surface area contributed by atoms with Crippen LogP contribution in [0.15, 0.2) is 0 Å². The highest BCUT2D eigenvalue weighted by Gasteiger charge is 2.38. The first kappa shape index (κ1) is 24.8. The summed E-state index contributed by atoms with van der Waals surface area (Å²) in [5, 5.41) is -0.192. The molecule has 0 aliphatic heterocycles. The molecular formula is C18H36O5SSi. The van der Waals surface area contributed by atoms with Gasteiger partial charge in [-0.25, -0.2) is 0 Å². The molecule has 0 aliphatic rings. The van der Waals surface area contributed by atoms with Crippen LogP contribution in [0.4, 0.5) is 0 Å². The van der Waals surface area contributed by atoms with E-state index in [1.807, 2.05) is 6.92 Å². The summed E-state index contributed by atoms with van der Waals surface area (Å²) in [5.74, 6) is -0.266. The first-order valence-corrected chi connectivity index (χ1v) is 12.2. The van der Waals surface area contributed by atoms with Crippen molar-refractivity contribution < 1.29 is 22.9 Å². The Hall–Kier alpha value is -0.213. The second-order valence-electron chi connectivity index (χ2n) is 6.24. The molecule has 5 nitrogen and oxygen atoms in total. The lowest BCUT2D eigenvalue weighted by Crippen LogP contribution is -2.43. The van der Waals surface area contributed by atoms with Gasteiger partial charge in [0.05, 0.1) is 0 Å². The third-order valence-electron chi connectivity index (χ3n) is 4.31. The fourth-order valence-electron chi connectivity index (χ4n) is 2.68. The van der Waals surface area contributed by atoms with E-state index in [9.17, 15) is 9.59 Å². The molecule has 0 aromatic heterocycles. The number of rotatable bonds is 16. The summed E-state index contributed by atoms with van der Waals surface area (Å²) in [5.41, 5.74) is 0. The Morgan fingerprint density at radius 3 is 2.00 bits per heavy atom. The molecule has 0 spiro atoms. The average molecular weight is 393 g/mol. The first-order chi connectivity index (χ1) is 12.0. The molecule has 0 bridgehead atoms. The zero-order valence-corrected chi connectivity index (χ0v) is 18.4. The van der Waals surface area contributed by atoms with E-state index in [2.05, 4.69) is 6.92 Å². The van der Waals surface area contributed by atoms with Crippen molar-refractivity contribution in [3.8, 4) is 0 Å². The van der Waals surface area contributed by atoms with E-state index in [0.29, 0.717) is 18.9 Å². The van der Waals surface area contributed by atoms with Crippen LogP contribution in [0.5, 0.6) is 0 Å². The van der Waals surface area contributed by atoms with Crippen molar-refractivity contribution in [3.63, 3.8) is 0 Å². The van der Waals surface area contributed by atoms with Crippen LogP contribution in [-0.2, 0) is 22.9 Å². The molecule has 25 heavy (non-hydrogen) atoms. The second kappa shape index (κ2) is 14.9. The first-order valence-electron chi connectivity index (χ1n) is 9.37. The van der Waals surface area contributed by atoms with Crippen molar-refractivity contribution in [1.29, 1.82) is 0 Å². The van der Waals surface area contributed by atoms with E-state index in [1.54, 1.807) is 21.3 Å². The topological polar surface area (TPSA) is 61.8 Å². The van der Waals surface area contributed by atoms with Crippen molar-refractivity contribution in [3.05, 3.63) is 0 Å². The van der Waals surface area contributed by atoms with Gasteiger partial charge in [0.2, 0.25) is 5.78 Å². The zero-order valence-electron chi connectivity index (χ0n) is 16.6. The van der Waals surface area contributed by atoms with Crippen LogP contribution >= 0.6 is 11.8 Å². The standard InChI is InChI=1S/C18H36O5SSi/c1-6-8-9-10-11-13-16(24-18(20)17(19)12-7-2)14-15-25(21-3,22-4)23-5/h16H,6-15H2,1-5H3. The largest absolute Gasteiger partial charge is 0.500 e. The fourth-order valence-corrected chi connectivity index (χ4v) is 5.76. The Balaban J connectivity index is 4.65. The number of thioether (sulfide) groups is 1. The lowest BCUT2D eigenvalue weighted by atomic mass is 10.1. The highest BCUT2D eigenvalue weighted by atomic mass is 32.2. The molecule has 0 N–H and O–H groups in total. The maximum Gasteiger partial charge on any atom is 0.500 e. The van der Waals surface area contributed by atoms with Crippen LogP contribution in [0.3, 0.4) is 0 Å². The van der Waals surface area contributed by atoms with Gasteiger partial charge in [0.15, 0.2) is 0 Å². The monoisotopic (exact) mass is 392 g/mol. The Morgan fingerprint density at radius 2 is 1.48 bits per heavy atom. The lowest BCUT2D eigenvalue weighted by Gasteiger charge is -2.26. The van der Waals surface area contributed by atoms with E-state index in [0.717, 1.165) is 19.3 Å². The Labute approximate surface area is 158 Å². The van der Waals surface area contributed by atoms with E-state index < -0.39 is 8.80 Å². The molecule has 7 heteroatoms. The maximum atomic E-state index is 12.1. The van der Waals surface area contributed by atoms with Gasteiger partial charge in [-0.1, -0.05) is 57.7 Å². The summed E-state index contributed by atoms with van der Waals surface area (Å²) in [4.78, 5) is 24.0. The molecule has 0 radical (unpaired) electrons. The van der Waals surface area contributed by atoms with E-state index >= 15 is 0 Å². The molecule has 0 aromatic carbocycles. The van der Waals surface area contributed by atoms with Crippen LogP contribution in [0.1, 0.15) is 71.6 Å². The Bertz CT molecular complexity index is 366. The molecule has 148 valence electrons. The number of Topliss-reactive ketones (excluding diaryl/α,β-unsaturated/α-hetero) is 1. The van der Waals surface area contributed by atoms with Gasteiger partial charge in [-0.15, -0.1) is 0 Å². The number of ketones is 1. The number of unbranched alkanes of at least 4 members (excludes halogenated alkanes) is 4. The van der Waals surface area contributed by atoms with Gasteiger partial charge < -0.3 is 13.3 Å². The zero-order chi connectivity index (χ0) is 19.1. The van der Waals surface area contributed by atoms with Crippen molar-refractivity contribution in [1.82, 2.24) is 0 Å². The summed E-state index contributed by atoms with van der Waals surface area (Å²) in [6, 6.07) is 0.651. The molecule has 0 saturated carbocycles. The number of hydrogen-bond donors (Lipinski definition) is 0. The molecule has 1 atom stereocenters. The Morgan fingerprint density at radius 1 is 0.880 bits per heavy atom. The third-order valence-corrected chi connectivity index (χ3v) is 8.33. The molecular weight excluding hydrogens is 356 g/mol. The summed E-state index contributed by atoms with van der Waals surface area (Å²) in [7, 11) is 2.15. The Kier molecular flexibility index (Phi) is 14.8. The normalized spacial score (nSPS) is 13.0. The predicted octanol–water partition coefficient (Wildman–Crippen LogP) is 4.61. The SMILES string of the molecule is CCCCCCCC(CC[Si](OC)(OC)OC)SC(=O)C(=O)CCC. The molecule has 1 unspecified atom stereocenters. The van der Waals surface area contributed by atoms with Crippen molar-refractivity contribution in [2.24, 2.45) is 0 Å². The van der Waals surface area contributed by atoms with Gasteiger partial charge in [0.1, 0.15) is 0 Å². The highest BCUT2D eigenvalue weighted by Crippen LogP contribution is 2.28. The minimum absolute atomic E-state index is 0.113. The molecule has 0 saturated heterocycles. The fraction of sp³-hybridized carbons (Fsp3) is 0.889. The number of carbonyl (C=O) groups excluding carboxylic acids is 2. The minimum Gasteiger partial charge on any atom is -0.377 e. The molecule has 0 aliphatic carbocycles. The van der Waals surface area contributed by atoms with Gasteiger partial charge in [0.25, 0.3) is 5.12 Å². The maximum absolute atomic E-state index is 12.1. The van der Waals surface area contributed by atoms with Gasteiger partial charge in [0, 0.05) is 39.0 Å². The summed E-state index contributed by atoms with van der Waals surface area (Å²) in [6.45, 7) is 4.11. The molecule has 0 heterocycles. The highest BCUT2D eigenvalue weighted by molar-refractivity contribution is 8.15. The van der Waals surface area contributed by atoms with Crippen LogP contribution in [0, 0.1) is 0 Å². The molecule has 0 fully saturated rings. The second-order valence-corrected chi connectivity index (χ2v) is 10.6. The number of hydrogen-bond acceptors (Lipinski definition) is 6. The minimum atomic E-state index is -2.64. The van der Waals surface area contributed by atoms with Crippen LogP contribution in [0.2, 0.25) is 6.04 Å². The molecule has 0 aromatic rings. The van der Waals surface area contributed by atoms with E-state index in [-0.39, 0.29) is 16.1 Å². The summed E-state index contributed by atoms with van der Waals surface area (Å²) in [6.07, 6.45) is 8.67. The lowest BCUT2D eigenvalue weighted by molar-refractivity contribution is -0.131. The van der Waals surface area contributed by atoms with Crippen molar-refractivity contribution in [2.75, 3.05) is 21.3 Å². The number of carbonyl (C=O) groups is 2. The smallest absolute Gasteiger partial charge is 0.377 e. The summed E-state index contributed by atoms with van der Waals surface area (Å²) >= 11 is 1.20. The quantitative estimate of drug-likeness (QED) is 0.217. The van der Waals surface area contributed by atoms with E-state index in [4.69, 9.17) is 13.3 Å². The van der Waals surface area contributed by atoms with Crippen molar-refractivity contribution in [2.45, 2.75) is 82.9 Å². The molecule has 0 rings (SSSR count). The van der Waals surface area contributed by atoms with Gasteiger partial charge in [-0.2, -0.15) is 0 Å². The molecule has 0 amide bonds. The predicted molar refractivity (Wildman–Crippen MR) is 106 cm³/mol. The van der Waals surface area contributed by atoms with Crippen LogP contribution in [-0.4, -0.2) is 46.3 Å². The van der Waals surface area contributed by atoms with E-state index in [1.165, 1.54) is 37.4 Å². The van der Waals surface area contributed by atoms with Gasteiger partial charge in [-0.05, 0) is 19.3 Å². The summed E-state index contributed by atoms with van der Waals surface area (Å²) < 4.78 is 16.4. The average Bonchev–Trinajstić information content (AvgIpc) is 2.62. The third kappa shape index (κ3) is 10.5.